The first-order chi connectivity index (χ1) is 8.47. The minimum atomic E-state index is 0.00102. The molecule has 1 amide bonds. The van der Waals surface area contributed by atoms with E-state index in [1.54, 1.807) is 16.7 Å². The van der Waals surface area contributed by atoms with E-state index in [9.17, 15) is 4.79 Å². The van der Waals surface area contributed by atoms with Gasteiger partial charge in [-0.15, -0.1) is 0 Å². The van der Waals surface area contributed by atoms with Gasteiger partial charge in [-0.2, -0.15) is 11.8 Å². The number of nitrogens with two attached hydrogens (primary N) is 1. The average molecular weight is 266 g/mol. The highest BCUT2D eigenvalue weighted by Crippen LogP contribution is 2.17. The number of thioether (sulfide) groups is 1. The van der Waals surface area contributed by atoms with Gasteiger partial charge >= 0.3 is 0 Å². The van der Waals surface area contributed by atoms with E-state index in [0.717, 1.165) is 17.7 Å². The highest BCUT2D eigenvalue weighted by molar-refractivity contribution is 7.98. The molecular weight excluding hydrogens is 244 g/mol. The predicted octanol–water partition coefficient (Wildman–Crippen LogP) is 2.79. The Kier molecular flexibility index (Phi) is 5.54. The lowest BCUT2D eigenvalue weighted by molar-refractivity contribution is 0.0742. The summed E-state index contributed by atoms with van der Waals surface area (Å²) in [5.74, 6) is 1.06. The number of hydrogen-bond donors (Lipinski definition) is 1. The second kappa shape index (κ2) is 6.69. The molecule has 3 nitrogen and oxygen atoms in total. The second-order valence-electron chi connectivity index (χ2n) is 4.64. The Labute approximate surface area is 114 Å². The molecule has 0 spiro atoms. The number of benzene rings is 1. The number of carbonyl (C=O) groups excluding carboxylic acids is 1. The Bertz CT molecular complexity index is 420. The van der Waals surface area contributed by atoms with Gasteiger partial charge in [-0.3, -0.25) is 4.79 Å². The predicted molar refractivity (Wildman–Crippen MR) is 80.1 cm³/mol. The molecule has 18 heavy (non-hydrogen) atoms. The summed E-state index contributed by atoms with van der Waals surface area (Å²) in [7, 11) is 1.84. The third kappa shape index (κ3) is 3.67. The van der Waals surface area contributed by atoms with Crippen LogP contribution < -0.4 is 5.73 Å². The smallest absolute Gasteiger partial charge is 0.255 e. The summed E-state index contributed by atoms with van der Waals surface area (Å²) in [5.41, 5.74) is 8.14. The molecular formula is C14H22N2OS. The van der Waals surface area contributed by atoms with E-state index in [-0.39, 0.29) is 11.9 Å². The number of amides is 1. The molecule has 0 saturated carbocycles. The second-order valence-corrected chi connectivity index (χ2v) is 5.62. The van der Waals surface area contributed by atoms with E-state index in [2.05, 4.69) is 13.2 Å². The highest BCUT2D eigenvalue weighted by atomic mass is 32.2. The Balaban J connectivity index is 2.79. The molecule has 100 valence electrons. The van der Waals surface area contributed by atoms with Crippen LogP contribution in [0.15, 0.2) is 18.2 Å². The number of hydrogen-bond acceptors (Lipinski definition) is 3. The molecule has 1 aromatic rings. The minimum absolute atomic E-state index is 0.00102. The normalized spacial score (nSPS) is 12.2. The molecule has 0 aliphatic carbocycles. The third-order valence-corrected chi connectivity index (χ3v) is 3.80. The number of nitrogens with zero attached hydrogens (tertiary/aromatic N) is 1. The Morgan fingerprint density at radius 1 is 1.50 bits per heavy atom. The average Bonchev–Trinajstić information content (AvgIpc) is 2.34. The van der Waals surface area contributed by atoms with E-state index < -0.39 is 0 Å². The van der Waals surface area contributed by atoms with Gasteiger partial charge in [0.2, 0.25) is 0 Å². The van der Waals surface area contributed by atoms with E-state index in [1.807, 2.05) is 32.2 Å². The summed E-state index contributed by atoms with van der Waals surface area (Å²) in [6.45, 7) is 4.04. The summed E-state index contributed by atoms with van der Waals surface area (Å²) >= 11 is 1.80. The van der Waals surface area contributed by atoms with Crippen LogP contribution in [0.2, 0.25) is 0 Å². The fourth-order valence-corrected chi connectivity index (χ4v) is 2.33. The molecule has 0 aliphatic rings. The molecule has 1 aromatic carbocycles. The van der Waals surface area contributed by atoms with Gasteiger partial charge in [-0.1, -0.05) is 6.07 Å². The van der Waals surface area contributed by atoms with Crippen LogP contribution >= 0.6 is 11.8 Å². The van der Waals surface area contributed by atoms with Crippen molar-refractivity contribution in [3.05, 3.63) is 29.3 Å². The van der Waals surface area contributed by atoms with Crippen molar-refractivity contribution in [2.45, 2.75) is 26.3 Å². The van der Waals surface area contributed by atoms with Crippen molar-refractivity contribution in [2.24, 2.45) is 0 Å². The minimum Gasteiger partial charge on any atom is -0.398 e. The zero-order chi connectivity index (χ0) is 13.7. The molecule has 0 aliphatic heterocycles. The number of aryl methyl sites for hydroxylation is 1. The monoisotopic (exact) mass is 266 g/mol. The number of anilines is 1. The van der Waals surface area contributed by atoms with E-state index in [1.165, 1.54) is 0 Å². The van der Waals surface area contributed by atoms with Crippen molar-refractivity contribution < 1.29 is 4.79 Å². The Morgan fingerprint density at radius 2 is 2.17 bits per heavy atom. The van der Waals surface area contributed by atoms with Crippen LogP contribution in [0.5, 0.6) is 0 Å². The van der Waals surface area contributed by atoms with Crippen LogP contribution in [0, 0.1) is 6.92 Å². The van der Waals surface area contributed by atoms with Crippen molar-refractivity contribution in [1.29, 1.82) is 0 Å². The summed E-state index contributed by atoms with van der Waals surface area (Å²) in [6, 6.07) is 5.80. The summed E-state index contributed by atoms with van der Waals surface area (Å²) in [6.07, 6.45) is 3.07. The molecule has 0 saturated heterocycles. The van der Waals surface area contributed by atoms with Crippen molar-refractivity contribution in [3.63, 3.8) is 0 Å². The van der Waals surface area contributed by atoms with Crippen LogP contribution in [0.25, 0.3) is 0 Å². The number of rotatable bonds is 5. The van der Waals surface area contributed by atoms with Gasteiger partial charge in [0.15, 0.2) is 0 Å². The molecule has 1 unspecified atom stereocenters. The molecule has 0 fully saturated rings. The maximum atomic E-state index is 12.3. The molecule has 0 bridgehead atoms. The molecule has 1 rings (SSSR count). The molecule has 0 heterocycles. The lowest BCUT2D eigenvalue weighted by Crippen LogP contribution is -2.35. The highest BCUT2D eigenvalue weighted by Gasteiger charge is 2.18. The molecule has 0 radical (unpaired) electrons. The van der Waals surface area contributed by atoms with Gasteiger partial charge in [0.05, 0.1) is 5.56 Å². The van der Waals surface area contributed by atoms with E-state index >= 15 is 0 Å². The molecule has 1 atom stereocenters. The van der Waals surface area contributed by atoms with Crippen molar-refractivity contribution in [1.82, 2.24) is 4.90 Å². The lowest BCUT2D eigenvalue weighted by Gasteiger charge is -2.25. The van der Waals surface area contributed by atoms with E-state index in [4.69, 9.17) is 5.73 Å². The van der Waals surface area contributed by atoms with Crippen LogP contribution in [0.4, 0.5) is 5.69 Å². The lowest BCUT2D eigenvalue weighted by atomic mass is 10.1. The Morgan fingerprint density at radius 3 is 2.72 bits per heavy atom. The van der Waals surface area contributed by atoms with Crippen LogP contribution in [-0.2, 0) is 0 Å². The summed E-state index contributed by atoms with van der Waals surface area (Å²) in [5, 5.41) is 0. The topological polar surface area (TPSA) is 46.3 Å². The summed E-state index contributed by atoms with van der Waals surface area (Å²) < 4.78 is 0. The molecule has 4 heteroatoms. The van der Waals surface area contributed by atoms with Crippen LogP contribution in [0.1, 0.15) is 29.3 Å². The number of carbonyl (C=O) groups is 1. The van der Waals surface area contributed by atoms with Gasteiger partial charge in [-0.25, -0.2) is 0 Å². The standard InChI is InChI=1S/C14H22N2OS/c1-10-5-6-12(13(15)9-10)14(17)16(3)11(2)7-8-18-4/h5-6,9,11H,7-8,15H2,1-4H3. The first-order valence-electron chi connectivity index (χ1n) is 6.09. The van der Waals surface area contributed by atoms with Gasteiger partial charge in [0.1, 0.15) is 0 Å². The maximum Gasteiger partial charge on any atom is 0.255 e. The van der Waals surface area contributed by atoms with Gasteiger partial charge in [0, 0.05) is 18.8 Å². The fourth-order valence-electron chi connectivity index (χ4n) is 1.75. The van der Waals surface area contributed by atoms with Gasteiger partial charge in [0.25, 0.3) is 5.91 Å². The van der Waals surface area contributed by atoms with Crippen molar-refractivity contribution in [2.75, 3.05) is 24.8 Å². The van der Waals surface area contributed by atoms with Crippen LogP contribution in [-0.4, -0.2) is 35.9 Å². The Hall–Kier alpha value is -1.16. The first-order valence-corrected chi connectivity index (χ1v) is 7.49. The van der Waals surface area contributed by atoms with Gasteiger partial charge in [-0.05, 0) is 50.0 Å². The van der Waals surface area contributed by atoms with Crippen LogP contribution in [0.3, 0.4) is 0 Å². The maximum absolute atomic E-state index is 12.3. The molecule has 0 aromatic heterocycles. The SMILES string of the molecule is CSCCC(C)N(C)C(=O)c1ccc(C)cc1N. The zero-order valence-corrected chi connectivity index (χ0v) is 12.4. The molecule has 2 N–H and O–H groups in total. The number of nitrogen functional groups attached to an aromatic ring is 1. The van der Waals surface area contributed by atoms with E-state index in [0.29, 0.717) is 11.3 Å². The zero-order valence-electron chi connectivity index (χ0n) is 11.6. The van der Waals surface area contributed by atoms with Crippen molar-refractivity contribution >= 4 is 23.4 Å². The quantitative estimate of drug-likeness (QED) is 0.834. The third-order valence-electron chi connectivity index (χ3n) is 3.16. The fraction of sp³-hybridized carbons (Fsp3) is 0.500. The van der Waals surface area contributed by atoms with Gasteiger partial charge < -0.3 is 10.6 Å². The largest absolute Gasteiger partial charge is 0.398 e. The first kappa shape index (κ1) is 14.9. The van der Waals surface area contributed by atoms with Crippen molar-refractivity contribution in [3.8, 4) is 0 Å². The summed E-state index contributed by atoms with van der Waals surface area (Å²) in [4.78, 5) is 14.1.